The first-order chi connectivity index (χ1) is 13.7. The number of alkyl halides is 2. The predicted octanol–water partition coefficient (Wildman–Crippen LogP) is 5.04. The van der Waals surface area contributed by atoms with E-state index in [9.17, 15) is 8.78 Å². The Morgan fingerprint density at radius 3 is 2.45 bits per heavy atom. The third kappa shape index (κ3) is 3.36. The highest BCUT2D eigenvalue weighted by Gasteiger charge is 2.69. The molecule has 0 aromatic rings. The maximum absolute atomic E-state index is 13.4. The molecule has 5 nitrogen and oxygen atoms in total. The van der Waals surface area contributed by atoms with E-state index in [4.69, 9.17) is 24.0 Å². The molecule has 2 saturated carbocycles. The molecule has 8 atom stereocenters. The summed E-state index contributed by atoms with van der Waals surface area (Å²) in [4.78, 5) is 12.0. The number of hydrogen-bond donors (Lipinski definition) is 0. The lowest BCUT2D eigenvalue weighted by atomic mass is 9.58. The van der Waals surface area contributed by atoms with Crippen LogP contribution in [0.1, 0.15) is 72.1 Å². The number of ether oxygens (including phenoxy) is 3. The third-order valence-electron chi connectivity index (χ3n) is 8.43. The summed E-state index contributed by atoms with van der Waals surface area (Å²) in [6.45, 7) is 6.83. The fraction of sp³-hybridized carbons (Fsp3) is 1.00. The quantitative estimate of drug-likeness (QED) is 0.604. The molecule has 0 aromatic carbocycles. The van der Waals surface area contributed by atoms with Crippen LogP contribution >= 0.6 is 0 Å². The van der Waals surface area contributed by atoms with Gasteiger partial charge in [0.15, 0.2) is 18.2 Å². The fourth-order valence-electron chi connectivity index (χ4n) is 6.56. The van der Waals surface area contributed by atoms with Crippen LogP contribution < -0.4 is 0 Å². The van der Waals surface area contributed by atoms with Crippen molar-refractivity contribution in [1.82, 2.24) is 0 Å². The minimum atomic E-state index is -2.51. The van der Waals surface area contributed by atoms with Gasteiger partial charge in [-0.05, 0) is 56.8 Å². The molecule has 0 aromatic heterocycles. The summed E-state index contributed by atoms with van der Waals surface area (Å²) in [5.41, 5.74) is -0.583. The van der Waals surface area contributed by atoms with Crippen molar-refractivity contribution in [1.29, 1.82) is 0 Å². The summed E-state index contributed by atoms with van der Waals surface area (Å²) in [5.74, 6) is -1.92. The zero-order chi connectivity index (χ0) is 20.4. The number of rotatable bonds is 3. The van der Waals surface area contributed by atoms with Crippen LogP contribution in [0.2, 0.25) is 0 Å². The largest absolute Gasteiger partial charge is 0.352 e. The molecule has 0 N–H and O–H groups in total. The molecule has 4 saturated heterocycles. The Bertz CT molecular complexity index is 622. The van der Waals surface area contributed by atoms with Gasteiger partial charge in [0.25, 0.3) is 0 Å². The van der Waals surface area contributed by atoms with Crippen molar-refractivity contribution in [3.8, 4) is 0 Å². The molecule has 1 spiro atoms. The normalized spacial score (nSPS) is 52.0. The van der Waals surface area contributed by atoms with Gasteiger partial charge in [0, 0.05) is 31.1 Å². The SMILES string of the molecule is C[C@H]1[C@@H](OCC2CCC(F)(F)CC2)O[C@@H]2O[C@@]3(C)CC[C@H]4[C@H](C)CC[C@@H]1[C@@]24OO3. The Balaban J connectivity index is 1.32. The highest BCUT2D eigenvalue weighted by Crippen LogP contribution is 2.60. The lowest BCUT2D eigenvalue weighted by Crippen LogP contribution is -2.70. The average molecular weight is 417 g/mol. The van der Waals surface area contributed by atoms with Crippen LogP contribution in [0.4, 0.5) is 8.78 Å². The minimum Gasteiger partial charge on any atom is -0.352 e. The summed E-state index contributed by atoms with van der Waals surface area (Å²) < 4.78 is 45.8. The molecule has 6 rings (SSSR count). The van der Waals surface area contributed by atoms with E-state index in [1.54, 1.807) is 0 Å². The number of halogens is 2. The standard InChI is InChI=1S/C22H34F2O5/c1-13-4-5-17-14(2)18(25-12-15-6-10-21(23,24)11-7-15)26-19-22(17)16(13)8-9-20(3,27-19)28-29-22/h13-19H,4-12H2,1-3H3/t13-,14-,16+,17+,18+,19-,20-,22-/m1/s1. The molecular formula is C22H34F2O5. The van der Waals surface area contributed by atoms with E-state index in [1.807, 2.05) is 6.92 Å². The fourth-order valence-corrected chi connectivity index (χ4v) is 6.56. The zero-order valence-corrected chi connectivity index (χ0v) is 17.7. The summed E-state index contributed by atoms with van der Waals surface area (Å²) >= 11 is 0. The van der Waals surface area contributed by atoms with Gasteiger partial charge in [0.1, 0.15) is 0 Å². The topological polar surface area (TPSA) is 46.2 Å². The molecule has 6 aliphatic rings. The van der Waals surface area contributed by atoms with E-state index in [-0.39, 0.29) is 30.6 Å². The van der Waals surface area contributed by atoms with Crippen LogP contribution in [-0.2, 0) is 24.0 Å². The van der Waals surface area contributed by atoms with E-state index in [0.29, 0.717) is 31.3 Å². The molecule has 2 aliphatic carbocycles. The zero-order valence-electron chi connectivity index (χ0n) is 17.7. The Morgan fingerprint density at radius 1 is 0.931 bits per heavy atom. The number of hydrogen-bond acceptors (Lipinski definition) is 5. The molecular weight excluding hydrogens is 382 g/mol. The smallest absolute Gasteiger partial charge is 0.248 e. The number of fused-ring (bicyclic) bond motifs is 2. The maximum Gasteiger partial charge on any atom is 0.248 e. The van der Waals surface area contributed by atoms with Gasteiger partial charge in [-0.2, -0.15) is 0 Å². The molecule has 0 amide bonds. The van der Waals surface area contributed by atoms with Gasteiger partial charge in [0.05, 0.1) is 6.61 Å². The predicted molar refractivity (Wildman–Crippen MR) is 99.7 cm³/mol. The van der Waals surface area contributed by atoms with Crippen LogP contribution in [-0.4, -0.2) is 36.5 Å². The second kappa shape index (κ2) is 7.09. The van der Waals surface area contributed by atoms with Crippen LogP contribution in [0.25, 0.3) is 0 Å². The maximum atomic E-state index is 13.4. The molecule has 2 bridgehead atoms. The van der Waals surface area contributed by atoms with E-state index < -0.39 is 29.9 Å². The average Bonchev–Trinajstić information content (AvgIpc) is 2.90. The first kappa shape index (κ1) is 20.6. The third-order valence-corrected chi connectivity index (χ3v) is 8.43. The van der Waals surface area contributed by atoms with Gasteiger partial charge in [-0.1, -0.05) is 13.8 Å². The van der Waals surface area contributed by atoms with Gasteiger partial charge in [0.2, 0.25) is 11.7 Å². The van der Waals surface area contributed by atoms with Gasteiger partial charge in [-0.25, -0.2) is 18.6 Å². The van der Waals surface area contributed by atoms with Gasteiger partial charge >= 0.3 is 0 Å². The summed E-state index contributed by atoms with van der Waals surface area (Å²) in [7, 11) is 0. The summed E-state index contributed by atoms with van der Waals surface area (Å²) in [5, 5.41) is 0. The van der Waals surface area contributed by atoms with Gasteiger partial charge in [-0.3, -0.25) is 0 Å². The Kier molecular flexibility index (Phi) is 5.03. The van der Waals surface area contributed by atoms with E-state index >= 15 is 0 Å². The molecule has 4 heterocycles. The van der Waals surface area contributed by atoms with Crippen molar-refractivity contribution < 1.29 is 32.8 Å². The minimum absolute atomic E-state index is 0.0390. The Hall–Kier alpha value is -0.340. The van der Waals surface area contributed by atoms with Crippen molar-refractivity contribution in [2.45, 2.75) is 102 Å². The van der Waals surface area contributed by atoms with Crippen LogP contribution in [0, 0.1) is 29.6 Å². The molecule has 6 fully saturated rings. The van der Waals surface area contributed by atoms with Crippen LogP contribution in [0.15, 0.2) is 0 Å². The molecule has 0 unspecified atom stereocenters. The Morgan fingerprint density at radius 2 is 1.69 bits per heavy atom. The summed E-state index contributed by atoms with van der Waals surface area (Å²) in [6, 6.07) is 0. The van der Waals surface area contributed by atoms with Crippen molar-refractivity contribution >= 4 is 0 Å². The van der Waals surface area contributed by atoms with Crippen LogP contribution in [0.5, 0.6) is 0 Å². The second-order valence-electron chi connectivity index (χ2n) is 10.4. The lowest BCUT2D eigenvalue weighted by Gasteiger charge is -2.60. The van der Waals surface area contributed by atoms with E-state index in [1.165, 1.54) is 0 Å². The van der Waals surface area contributed by atoms with Crippen molar-refractivity contribution in [2.75, 3.05) is 6.61 Å². The van der Waals surface area contributed by atoms with Crippen molar-refractivity contribution in [2.24, 2.45) is 29.6 Å². The second-order valence-corrected chi connectivity index (χ2v) is 10.4. The van der Waals surface area contributed by atoms with Crippen molar-refractivity contribution in [3.05, 3.63) is 0 Å². The van der Waals surface area contributed by atoms with Crippen LogP contribution in [0.3, 0.4) is 0 Å². The highest BCUT2D eigenvalue weighted by atomic mass is 19.3. The Labute approximate surface area is 171 Å². The lowest BCUT2D eigenvalue weighted by molar-refractivity contribution is -0.577. The molecule has 0 radical (unpaired) electrons. The first-order valence-electron chi connectivity index (χ1n) is 11.4. The first-order valence-corrected chi connectivity index (χ1v) is 11.4. The molecule has 7 heteroatoms. The van der Waals surface area contributed by atoms with Gasteiger partial charge < -0.3 is 14.2 Å². The van der Waals surface area contributed by atoms with Crippen molar-refractivity contribution in [3.63, 3.8) is 0 Å². The summed E-state index contributed by atoms with van der Waals surface area (Å²) in [6.07, 6.45) is 3.99. The van der Waals surface area contributed by atoms with Gasteiger partial charge in [-0.15, -0.1) is 0 Å². The monoisotopic (exact) mass is 416 g/mol. The molecule has 29 heavy (non-hydrogen) atoms. The van der Waals surface area contributed by atoms with E-state index in [2.05, 4.69) is 13.8 Å². The molecule has 4 aliphatic heterocycles. The highest BCUT2D eigenvalue weighted by molar-refractivity contribution is 5.09. The van der Waals surface area contributed by atoms with E-state index in [0.717, 1.165) is 25.7 Å². The molecule has 166 valence electrons.